The van der Waals surface area contributed by atoms with E-state index in [1.54, 1.807) is 0 Å². The Hall–Kier alpha value is -0.320. The van der Waals surface area contributed by atoms with Crippen LogP contribution in [0.5, 0.6) is 0 Å². The van der Waals surface area contributed by atoms with E-state index in [0.717, 1.165) is 51.3 Å². The Balaban J connectivity index is 0.00000176. The Labute approximate surface area is 140 Å². The number of carbonyl (C=O) groups excluding carboxylic acids is 1. The topological polar surface area (TPSA) is 55.6 Å². The SMILES string of the molecule is CCC1CCN(C(=O)C2(N)C3CCCOC3C2(C)C)CC1.Cl. The number of likely N-dealkylation sites (tertiary alicyclic amines) is 1. The molecule has 5 heteroatoms. The highest BCUT2D eigenvalue weighted by Crippen LogP contribution is 2.58. The van der Waals surface area contributed by atoms with Crippen LogP contribution in [0, 0.1) is 17.3 Å². The first-order valence-electron chi connectivity index (χ1n) is 8.62. The zero-order valence-corrected chi connectivity index (χ0v) is 15.0. The maximum Gasteiger partial charge on any atom is 0.243 e. The second kappa shape index (κ2) is 6.29. The van der Waals surface area contributed by atoms with Gasteiger partial charge in [0, 0.05) is 31.0 Å². The fourth-order valence-electron chi connectivity index (χ4n) is 4.82. The second-order valence-electron chi connectivity index (χ2n) is 7.77. The Morgan fingerprint density at radius 1 is 1.27 bits per heavy atom. The molecule has 2 saturated heterocycles. The Kier molecular flexibility index (Phi) is 5.15. The predicted octanol–water partition coefficient (Wildman–Crippen LogP) is 2.59. The van der Waals surface area contributed by atoms with E-state index < -0.39 is 5.54 Å². The van der Waals surface area contributed by atoms with Gasteiger partial charge >= 0.3 is 0 Å². The minimum absolute atomic E-state index is 0. The highest BCUT2D eigenvalue weighted by atomic mass is 35.5. The number of hydrogen-bond acceptors (Lipinski definition) is 3. The number of halogens is 1. The number of rotatable bonds is 2. The van der Waals surface area contributed by atoms with Crippen LogP contribution >= 0.6 is 12.4 Å². The van der Waals surface area contributed by atoms with Crippen LogP contribution in [0.2, 0.25) is 0 Å². The summed E-state index contributed by atoms with van der Waals surface area (Å²) in [5, 5.41) is 0. The molecule has 1 amide bonds. The zero-order valence-electron chi connectivity index (χ0n) is 14.1. The largest absolute Gasteiger partial charge is 0.377 e. The number of nitrogens with two attached hydrogens (primary N) is 1. The monoisotopic (exact) mass is 330 g/mol. The predicted molar refractivity (Wildman–Crippen MR) is 90.0 cm³/mol. The van der Waals surface area contributed by atoms with Crippen molar-refractivity contribution in [3.63, 3.8) is 0 Å². The second-order valence-corrected chi connectivity index (χ2v) is 7.77. The zero-order chi connectivity index (χ0) is 15.3. The van der Waals surface area contributed by atoms with Crippen LogP contribution in [-0.2, 0) is 9.53 Å². The van der Waals surface area contributed by atoms with E-state index in [9.17, 15) is 4.79 Å². The summed E-state index contributed by atoms with van der Waals surface area (Å²) < 4.78 is 5.91. The molecule has 0 aromatic rings. The molecule has 128 valence electrons. The molecule has 0 aromatic heterocycles. The van der Waals surface area contributed by atoms with Crippen molar-refractivity contribution in [2.45, 2.75) is 64.5 Å². The summed E-state index contributed by atoms with van der Waals surface area (Å²) in [7, 11) is 0. The molecule has 2 N–H and O–H groups in total. The normalized spacial score (nSPS) is 37.7. The molecule has 22 heavy (non-hydrogen) atoms. The number of hydrogen-bond donors (Lipinski definition) is 1. The lowest BCUT2D eigenvalue weighted by Gasteiger charge is -2.66. The van der Waals surface area contributed by atoms with Crippen LogP contribution in [-0.4, -0.2) is 42.1 Å². The smallest absolute Gasteiger partial charge is 0.243 e. The number of amides is 1. The maximum absolute atomic E-state index is 13.1. The first kappa shape index (κ1) is 18.0. The van der Waals surface area contributed by atoms with Crippen LogP contribution in [0.3, 0.4) is 0 Å². The third-order valence-corrected chi connectivity index (χ3v) is 6.52. The molecule has 3 unspecified atom stereocenters. The summed E-state index contributed by atoms with van der Waals surface area (Å²) >= 11 is 0. The van der Waals surface area contributed by atoms with Gasteiger partial charge in [-0.1, -0.05) is 27.2 Å². The van der Waals surface area contributed by atoms with Crippen molar-refractivity contribution >= 4 is 18.3 Å². The Bertz CT molecular complexity index is 421. The summed E-state index contributed by atoms with van der Waals surface area (Å²) in [5.74, 6) is 1.16. The molecule has 0 radical (unpaired) electrons. The Morgan fingerprint density at radius 2 is 1.91 bits per heavy atom. The standard InChI is InChI=1S/C17H30N2O2.ClH/c1-4-12-7-9-19(10-8-12)15(20)17(18)13-6-5-11-21-14(13)16(17,2)3;/h12-14H,4-11,18H2,1-3H3;1H. The van der Waals surface area contributed by atoms with E-state index in [1.165, 1.54) is 6.42 Å². The lowest BCUT2D eigenvalue weighted by Crippen LogP contribution is -2.82. The van der Waals surface area contributed by atoms with Crippen LogP contribution in [0.1, 0.15) is 52.9 Å². The van der Waals surface area contributed by atoms with Gasteiger partial charge < -0.3 is 15.4 Å². The van der Waals surface area contributed by atoms with E-state index in [2.05, 4.69) is 20.8 Å². The molecule has 2 aliphatic heterocycles. The van der Waals surface area contributed by atoms with Crippen molar-refractivity contribution in [2.24, 2.45) is 23.0 Å². The van der Waals surface area contributed by atoms with E-state index in [-0.39, 0.29) is 35.8 Å². The molecule has 0 aromatic carbocycles. The molecule has 4 nitrogen and oxygen atoms in total. The highest BCUT2D eigenvalue weighted by Gasteiger charge is 2.70. The lowest BCUT2D eigenvalue weighted by atomic mass is 9.46. The van der Waals surface area contributed by atoms with E-state index >= 15 is 0 Å². The number of nitrogens with zero attached hydrogens (tertiary/aromatic N) is 1. The minimum Gasteiger partial charge on any atom is -0.377 e. The van der Waals surface area contributed by atoms with Crippen LogP contribution in [0.15, 0.2) is 0 Å². The third-order valence-electron chi connectivity index (χ3n) is 6.52. The van der Waals surface area contributed by atoms with Gasteiger partial charge in [-0.2, -0.15) is 0 Å². The van der Waals surface area contributed by atoms with Crippen molar-refractivity contribution in [1.29, 1.82) is 0 Å². The number of ether oxygens (including phenoxy) is 1. The molecule has 0 spiro atoms. The molecule has 0 bridgehead atoms. The lowest BCUT2D eigenvalue weighted by molar-refractivity contribution is -0.230. The van der Waals surface area contributed by atoms with Crippen molar-refractivity contribution < 1.29 is 9.53 Å². The third kappa shape index (κ3) is 2.38. The van der Waals surface area contributed by atoms with E-state index in [0.29, 0.717) is 0 Å². The first-order chi connectivity index (χ1) is 9.92. The van der Waals surface area contributed by atoms with Gasteiger partial charge in [-0.25, -0.2) is 0 Å². The van der Waals surface area contributed by atoms with Crippen molar-refractivity contribution in [2.75, 3.05) is 19.7 Å². The molecule has 1 aliphatic carbocycles. The van der Waals surface area contributed by atoms with Gasteiger partial charge in [0.05, 0.1) is 6.10 Å². The minimum atomic E-state index is -0.725. The highest BCUT2D eigenvalue weighted by molar-refractivity contribution is 5.89. The molecular formula is C17H31ClN2O2. The fraction of sp³-hybridized carbons (Fsp3) is 0.941. The van der Waals surface area contributed by atoms with Crippen LogP contribution in [0.4, 0.5) is 0 Å². The number of carbonyl (C=O) groups is 1. The van der Waals surface area contributed by atoms with Gasteiger partial charge in [-0.15, -0.1) is 12.4 Å². The number of piperidine rings is 1. The molecule has 2 heterocycles. The summed E-state index contributed by atoms with van der Waals surface area (Å²) in [6.45, 7) is 9.03. The van der Waals surface area contributed by atoms with Gasteiger partial charge in [0.2, 0.25) is 5.91 Å². The van der Waals surface area contributed by atoms with Gasteiger partial charge in [0.15, 0.2) is 0 Å². The van der Waals surface area contributed by atoms with Gasteiger partial charge in [-0.05, 0) is 31.6 Å². The first-order valence-corrected chi connectivity index (χ1v) is 8.62. The van der Waals surface area contributed by atoms with Crippen LogP contribution in [0.25, 0.3) is 0 Å². The maximum atomic E-state index is 13.1. The van der Waals surface area contributed by atoms with E-state index in [1.807, 2.05) is 4.90 Å². The molecule has 3 aliphatic rings. The summed E-state index contributed by atoms with van der Waals surface area (Å²) in [6, 6.07) is 0. The molecular weight excluding hydrogens is 300 g/mol. The molecule has 3 rings (SSSR count). The van der Waals surface area contributed by atoms with Crippen molar-refractivity contribution in [3.05, 3.63) is 0 Å². The summed E-state index contributed by atoms with van der Waals surface area (Å²) in [6.07, 6.45) is 5.70. The Morgan fingerprint density at radius 3 is 2.50 bits per heavy atom. The van der Waals surface area contributed by atoms with Gasteiger partial charge in [0.1, 0.15) is 5.54 Å². The van der Waals surface area contributed by atoms with Crippen molar-refractivity contribution in [3.8, 4) is 0 Å². The van der Waals surface area contributed by atoms with Gasteiger partial charge in [-0.3, -0.25) is 4.79 Å². The van der Waals surface area contributed by atoms with E-state index in [4.69, 9.17) is 10.5 Å². The van der Waals surface area contributed by atoms with Gasteiger partial charge in [0.25, 0.3) is 0 Å². The summed E-state index contributed by atoms with van der Waals surface area (Å²) in [4.78, 5) is 15.1. The summed E-state index contributed by atoms with van der Waals surface area (Å²) in [5.41, 5.74) is 5.73. The van der Waals surface area contributed by atoms with Crippen LogP contribution < -0.4 is 5.73 Å². The molecule has 1 saturated carbocycles. The number of fused-ring (bicyclic) bond motifs is 1. The average Bonchev–Trinajstić information content (AvgIpc) is 2.53. The molecule has 3 atom stereocenters. The average molecular weight is 331 g/mol. The molecule has 3 fully saturated rings. The fourth-order valence-corrected chi connectivity index (χ4v) is 4.82. The quantitative estimate of drug-likeness (QED) is 0.846. The van der Waals surface area contributed by atoms with Crippen molar-refractivity contribution in [1.82, 2.24) is 4.90 Å².